The Morgan fingerprint density at radius 2 is 2.03 bits per heavy atom. The third kappa shape index (κ3) is 5.52. The lowest BCUT2D eigenvalue weighted by Crippen LogP contribution is -2.36. The lowest BCUT2D eigenvalue weighted by atomic mass is 10.0. The maximum absolute atomic E-state index is 11.1. The fourth-order valence-corrected chi connectivity index (χ4v) is 4.34. The molecule has 1 N–H and O–H groups in total. The number of aromatic nitrogens is 2. The number of rotatable bonds is 8. The van der Waals surface area contributed by atoms with Gasteiger partial charge in [-0.05, 0) is 42.3 Å². The Hall–Kier alpha value is -2.96. The highest BCUT2D eigenvalue weighted by atomic mass is 35.5. The Morgan fingerprint density at radius 1 is 1.24 bits per heavy atom. The summed E-state index contributed by atoms with van der Waals surface area (Å²) in [5.74, 6) is 0.297. The molecule has 1 unspecified atom stereocenters. The van der Waals surface area contributed by atoms with Crippen LogP contribution in [0.1, 0.15) is 36.2 Å². The van der Waals surface area contributed by atoms with E-state index in [4.69, 9.17) is 26.4 Å². The molecule has 3 aromatic rings. The topological polar surface area (TPSA) is 75.6 Å². The summed E-state index contributed by atoms with van der Waals surface area (Å²) in [4.78, 5) is 22.6. The van der Waals surface area contributed by atoms with Gasteiger partial charge in [0.1, 0.15) is 12.4 Å². The van der Waals surface area contributed by atoms with Crippen LogP contribution in [-0.4, -0.2) is 39.0 Å². The van der Waals surface area contributed by atoms with Crippen molar-refractivity contribution in [3.05, 3.63) is 76.1 Å². The summed E-state index contributed by atoms with van der Waals surface area (Å²) in [5.41, 5.74) is 5.24. The lowest BCUT2D eigenvalue weighted by molar-refractivity contribution is -0.141. The van der Waals surface area contributed by atoms with Crippen LogP contribution in [0.2, 0.25) is 5.02 Å². The van der Waals surface area contributed by atoms with Crippen molar-refractivity contribution in [3.8, 4) is 17.1 Å². The maximum atomic E-state index is 11.1. The van der Waals surface area contributed by atoms with E-state index in [2.05, 4.69) is 22.9 Å². The van der Waals surface area contributed by atoms with E-state index >= 15 is 0 Å². The zero-order valence-corrected chi connectivity index (χ0v) is 19.7. The summed E-state index contributed by atoms with van der Waals surface area (Å²) in [6, 6.07) is 13.7. The summed E-state index contributed by atoms with van der Waals surface area (Å²) in [6.45, 7) is 6.29. The molecule has 0 radical (unpaired) electrons. The second-order valence-electron chi connectivity index (χ2n) is 8.43. The number of fused-ring (bicyclic) bond motifs is 1. The third-order valence-corrected chi connectivity index (χ3v) is 6.41. The number of nitrogens with zero attached hydrogens (tertiary/aromatic N) is 3. The molecule has 172 valence electrons. The average molecular weight is 466 g/mol. The number of hydrogen-bond donors (Lipinski definition) is 1. The van der Waals surface area contributed by atoms with Gasteiger partial charge in [-0.25, -0.2) is 9.97 Å². The van der Waals surface area contributed by atoms with Gasteiger partial charge >= 0.3 is 5.97 Å². The minimum atomic E-state index is -0.766. The van der Waals surface area contributed by atoms with Crippen LogP contribution in [0, 0.1) is 5.92 Å². The van der Waals surface area contributed by atoms with Crippen LogP contribution in [0.15, 0.2) is 48.7 Å². The van der Waals surface area contributed by atoms with Gasteiger partial charge in [-0.2, -0.15) is 0 Å². The molecule has 1 aromatic heterocycles. The summed E-state index contributed by atoms with van der Waals surface area (Å²) in [6.07, 6.45) is 3.56. The minimum Gasteiger partial charge on any atom is -0.489 e. The number of ether oxygens (including phenoxy) is 1. The van der Waals surface area contributed by atoms with Crippen LogP contribution in [-0.2, 0) is 30.8 Å². The maximum Gasteiger partial charge on any atom is 0.307 e. The highest BCUT2D eigenvalue weighted by molar-refractivity contribution is 6.31. The first-order valence-electron chi connectivity index (χ1n) is 11.2. The average Bonchev–Trinajstić information content (AvgIpc) is 2.83. The van der Waals surface area contributed by atoms with Crippen LogP contribution in [0.25, 0.3) is 11.4 Å². The minimum absolute atomic E-state index is 0.390. The molecule has 2 heterocycles. The standard InChI is InChI=1S/C26H28ClN3O3/c1-3-18-5-4-6-23(27)22(18)16-33-21-9-7-19(8-10-21)25-28-13-20-15-30(12-11-24(20)29-25)14-17(2)26(31)32/h4-10,13,17H,3,11-12,14-16H2,1-2H3,(H,31,32). The van der Waals surface area contributed by atoms with Crippen molar-refractivity contribution in [1.82, 2.24) is 14.9 Å². The fraction of sp³-hybridized carbons (Fsp3) is 0.346. The monoisotopic (exact) mass is 465 g/mol. The van der Waals surface area contributed by atoms with Crippen molar-refractivity contribution in [1.29, 1.82) is 0 Å². The number of hydrogen-bond acceptors (Lipinski definition) is 5. The first kappa shape index (κ1) is 23.2. The van der Waals surface area contributed by atoms with Gasteiger partial charge in [-0.1, -0.05) is 37.6 Å². The number of aliphatic carboxylic acids is 1. The van der Waals surface area contributed by atoms with E-state index in [9.17, 15) is 4.79 Å². The van der Waals surface area contributed by atoms with E-state index in [0.29, 0.717) is 25.5 Å². The summed E-state index contributed by atoms with van der Waals surface area (Å²) >= 11 is 6.36. The van der Waals surface area contributed by atoms with Crippen molar-refractivity contribution in [2.75, 3.05) is 13.1 Å². The highest BCUT2D eigenvalue weighted by Gasteiger charge is 2.22. The van der Waals surface area contributed by atoms with Crippen LogP contribution in [0.4, 0.5) is 0 Å². The van der Waals surface area contributed by atoms with Crippen molar-refractivity contribution >= 4 is 17.6 Å². The van der Waals surface area contributed by atoms with Gasteiger partial charge in [0.05, 0.1) is 11.6 Å². The van der Waals surface area contributed by atoms with Crippen molar-refractivity contribution in [2.45, 2.75) is 39.8 Å². The van der Waals surface area contributed by atoms with Gasteiger partial charge in [0.2, 0.25) is 0 Å². The number of halogens is 1. The molecule has 0 fully saturated rings. The Bertz CT molecular complexity index is 1130. The van der Waals surface area contributed by atoms with E-state index in [1.165, 1.54) is 5.56 Å². The van der Waals surface area contributed by atoms with Gasteiger partial charge in [0.15, 0.2) is 5.82 Å². The molecule has 2 aromatic carbocycles. The normalized spacial score (nSPS) is 14.5. The zero-order chi connectivity index (χ0) is 23.4. The summed E-state index contributed by atoms with van der Waals surface area (Å²) in [7, 11) is 0. The molecule has 33 heavy (non-hydrogen) atoms. The molecule has 0 aliphatic carbocycles. The lowest BCUT2D eigenvalue weighted by Gasteiger charge is -2.29. The quantitative estimate of drug-likeness (QED) is 0.503. The molecule has 7 heteroatoms. The highest BCUT2D eigenvalue weighted by Crippen LogP contribution is 2.26. The first-order chi connectivity index (χ1) is 15.9. The zero-order valence-electron chi connectivity index (χ0n) is 18.9. The second kappa shape index (κ2) is 10.3. The van der Waals surface area contributed by atoms with Gasteiger partial charge in [0, 0.05) is 54.0 Å². The van der Waals surface area contributed by atoms with E-state index in [1.807, 2.05) is 42.6 Å². The van der Waals surface area contributed by atoms with Crippen LogP contribution < -0.4 is 4.74 Å². The molecular weight excluding hydrogens is 438 g/mol. The predicted molar refractivity (Wildman–Crippen MR) is 128 cm³/mol. The number of carboxylic acid groups (broad SMARTS) is 1. The van der Waals surface area contributed by atoms with Gasteiger partial charge in [-0.15, -0.1) is 0 Å². The van der Waals surface area contributed by atoms with Gasteiger partial charge in [-0.3, -0.25) is 9.69 Å². The Balaban J connectivity index is 1.41. The van der Waals surface area contributed by atoms with Crippen molar-refractivity contribution in [2.24, 2.45) is 5.92 Å². The van der Waals surface area contributed by atoms with Crippen molar-refractivity contribution in [3.63, 3.8) is 0 Å². The molecule has 0 saturated carbocycles. The van der Waals surface area contributed by atoms with Crippen LogP contribution in [0.5, 0.6) is 5.75 Å². The van der Waals surface area contributed by atoms with Gasteiger partial charge in [0.25, 0.3) is 0 Å². The molecule has 0 saturated heterocycles. The predicted octanol–water partition coefficient (Wildman–Crippen LogP) is 5.02. The molecule has 1 aliphatic heterocycles. The SMILES string of the molecule is CCc1cccc(Cl)c1COc1ccc(-c2ncc3c(n2)CCN(CC(C)C(=O)O)C3)cc1. The molecule has 4 rings (SSSR count). The molecular formula is C26H28ClN3O3. The number of benzene rings is 2. The Kier molecular flexibility index (Phi) is 7.26. The molecule has 0 amide bonds. The fourth-order valence-electron chi connectivity index (χ4n) is 4.09. The Labute approximate surface area is 199 Å². The molecule has 1 atom stereocenters. The second-order valence-corrected chi connectivity index (χ2v) is 8.84. The molecule has 0 bridgehead atoms. The smallest absolute Gasteiger partial charge is 0.307 e. The van der Waals surface area contributed by atoms with E-state index in [-0.39, 0.29) is 5.92 Å². The van der Waals surface area contributed by atoms with E-state index in [0.717, 1.165) is 52.5 Å². The molecule has 1 aliphatic rings. The number of carbonyl (C=O) groups is 1. The third-order valence-electron chi connectivity index (χ3n) is 6.06. The summed E-state index contributed by atoms with van der Waals surface area (Å²) < 4.78 is 5.98. The number of carboxylic acids is 1. The van der Waals surface area contributed by atoms with Crippen LogP contribution in [0.3, 0.4) is 0 Å². The van der Waals surface area contributed by atoms with Gasteiger partial charge < -0.3 is 9.84 Å². The Morgan fingerprint density at radius 3 is 2.76 bits per heavy atom. The van der Waals surface area contributed by atoms with E-state index < -0.39 is 5.97 Å². The largest absolute Gasteiger partial charge is 0.489 e. The first-order valence-corrected chi connectivity index (χ1v) is 11.6. The van der Waals surface area contributed by atoms with Crippen molar-refractivity contribution < 1.29 is 14.6 Å². The molecule has 0 spiro atoms. The van der Waals surface area contributed by atoms with Crippen LogP contribution >= 0.6 is 11.6 Å². The number of aryl methyl sites for hydroxylation is 1. The van der Waals surface area contributed by atoms with E-state index in [1.54, 1.807) is 6.92 Å². The summed E-state index contributed by atoms with van der Waals surface area (Å²) in [5, 5.41) is 9.88. The molecule has 6 nitrogen and oxygen atoms in total.